The summed E-state index contributed by atoms with van der Waals surface area (Å²) in [4.78, 5) is 0. The van der Waals surface area contributed by atoms with Crippen LogP contribution in [0.15, 0.2) is 103 Å². The molecule has 4 aromatic rings. The second-order valence-electron chi connectivity index (χ2n) is 9.20. The topological polar surface area (TPSA) is 30.5 Å². The third-order valence-corrected chi connectivity index (χ3v) is 6.70. The van der Waals surface area contributed by atoms with Gasteiger partial charge in [0.25, 0.3) is 0 Å². The van der Waals surface area contributed by atoms with Crippen LogP contribution in [-0.4, -0.2) is 25.8 Å². The minimum atomic E-state index is 0.169. The number of piperidine rings is 1. The van der Waals surface area contributed by atoms with Crippen molar-refractivity contribution in [1.82, 2.24) is 5.32 Å². The van der Waals surface area contributed by atoms with E-state index >= 15 is 0 Å². The summed E-state index contributed by atoms with van der Waals surface area (Å²) in [5, 5.41) is 6.05. The van der Waals surface area contributed by atoms with Crippen LogP contribution in [-0.2, 0) is 22.7 Å². The van der Waals surface area contributed by atoms with Crippen molar-refractivity contribution >= 4 is 16.8 Å². The minimum absolute atomic E-state index is 0.169. The van der Waals surface area contributed by atoms with Crippen LogP contribution in [0.1, 0.15) is 34.6 Å². The van der Waals surface area contributed by atoms with E-state index in [4.69, 9.17) is 9.47 Å². The van der Waals surface area contributed by atoms with Crippen molar-refractivity contribution in [2.75, 3.05) is 19.7 Å². The zero-order chi connectivity index (χ0) is 23.7. The lowest BCUT2D eigenvalue weighted by atomic mass is 9.87. The molecule has 1 N–H and O–H groups in total. The van der Waals surface area contributed by atoms with Gasteiger partial charge in [0.05, 0.1) is 25.9 Å². The van der Waals surface area contributed by atoms with Gasteiger partial charge in [0.1, 0.15) is 0 Å². The highest BCUT2D eigenvalue weighted by molar-refractivity contribution is 5.82. The molecule has 1 aliphatic rings. The van der Waals surface area contributed by atoms with Gasteiger partial charge in [-0.2, -0.15) is 0 Å². The summed E-state index contributed by atoms with van der Waals surface area (Å²) in [6.07, 6.45) is 5.47. The van der Waals surface area contributed by atoms with Gasteiger partial charge in [-0.15, -0.1) is 0 Å². The van der Waals surface area contributed by atoms with Gasteiger partial charge in [-0.05, 0) is 52.1 Å². The molecule has 1 fully saturated rings. The van der Waals surface area contributed by atoms with Gasteiger partial charge in [0.15, 0.2) is 0 Å². The maximum atomic E-state index is 6.45. The van der Waals surface area contributed by atoms with E-state index in [2.05, 4.69) is 96.3 Å². The summed E-state index contributed by atoms with van der Waals surface area (Å²) in [6.45, 7) is 3.80. The van der Waals surface area contributed by atoms with E-state index in [1.807, 2.05) is 18.2 Å². The summed E-state index contributed by atoms with van der Waals surface area (Å²) in [5.74, 6) is 0.406. The zero-order valence-corrected chi connectivity index (χ0v) is 20.1. The molecule has 0 amide bonds. The quantitative estimate of drug-likeness (QED) is 0.279. The molecule has 178 valence electrons. The van der Waals surface area contributed by atoms with E-state index in [0.717, 1.165) is 19.5 Å². The molecule has 0 aromatic heterocycles. The molecular weight excluding hydrogens is 430 g/mol. The van der Waals surface area contributed by atoms with Crippen molar-refractivity contribution in [2.24, 2.45) is 0 Å². The fourth-order valence-electron chi connectivity index (χ4n) is 4.78. The molecule has 0 bridgehead atoms. The number of nitrogens with one attached hydrogen (secondary N) is 1. The van der Waals surface area contributed by atoms with Gasteiger partial charge in [0.2, 0.25) is 0 Å². The van der Waals surface area contributed by atoms with Crippen molar-refractivity contribution in [1.29, 1.82) is 0 Å². The van der Waals surface area contributed by atoms with Gasteiger partial charge in [-0.25, -0.2) is 0 Å². The fourth-order valence-corrected chi connectivity index (χ4v) is 4.78. The van der Waals surface area contributed by atoms with Gasteiger partial charge in [-0.3, -0.25) is 0 Å². The maximum absolute atomic E-state index is 6.45. The number of benzene rings is 4. The van der Waals surface area contributed by atoms with E-state index in [1.54, 1.807) is 0 Å². The number of fused-ring (bicyclic) bond motifs is 1. The Morgan fingerprint density at radius 1 is 0.771 bits per heavy atom. The first kappa shape index (κ1) is 23.5. The van der Waals surface area contributed by atoms with Crippen molar-refractivity contribution in [3.8, 4) is 0 Å². The third-order valence-electron chi connectivity index (χ3n) is 6.70. The molecule has 1 heterocycles. The molecule has 4 aromatic carbocycles. The van der Waals surface area contributed by atoms with Gasteiger partial charge in [0, 0.05) is 12.5 Å². The summed E-state index contributed by atoms with van der Waals surface area (Å²) >= 11 is 0. The number of rotatable bonds is 9. The van der Waals surface area contributed by atoms with Crippen molar-refractivity contribution in [2.45, 2.75) is 31.7 Å². The highest BCUT2D eigenvalue weighted by Crippen LogP contribution is 2.29. The third kappa shape index (κ3) is 6.46. The molecule has 0 saturated carbocycles. The summed E-state index contributed by atoms with van der Waals surface area (Å²) in [7, 11) is 0. The molecular formula is C32H33NO2. The molecule has 0 aliphatic carbocycles. The molecule has 2 unspecified atom stereocenters. The fraction of sp³-hybridized carbons (Fsp3) is 0.250. The molecule has 1 aliphatic heterocycles. The number of ether oxygens (including phenoxy) is 2. The Kier molecular flexibility index (Phi) is 8.02. The predicted octanol–water partition coefficient (Wildman–Crippen LogP) is 6.73. The van der Waals surface area contributed by atoms with Crippen LogP contribution in [0.2, 0.25) is 0 Å². The first-order valence-corrected chi connectivity index (χ1v) is 12.5. The van der Waals surface area contributed by atoms with Crippen LogP contribution < -0.4 is 5.32 Å². The Morgan fingerprint density at radius 3 is 2.43 bits per heavy atom. The Bertz CT molecular complexity index is 1230. The van der Waals surface area contributed by atoms with E-state index in [-0.39, 0.29) is 6.10 Å². The standard InChI is InChI=1S/C32H33NO2/c1-2-7-26(8-3-1)23-34-20-6-9-25-12-16-29(17-13-25)31-18-19-33-22-32(31)35-24-27-14-15-28-10-4-5-11-30(28)21-27/h1-17,21,31-33H,18-20,22-24H2. The van der Waals surface area contributed by atoms with Gasteiger partial charge in [-0.1, -0.05) is 103 Å². The van der Waals surface area contributed by atoms with E-state index in [0.29, 0.717) is 25.7 Å². The van der Waals surface area contributed by atoms with E-state index in [9.17, 15) is 0 Å². The second-order valence-corrected chi connectivity index (χ2v) is 9.20. The lowest BCUT2D eigenvalue weighted by Crippen LogP contribution is -2.40. The van der Waals surface area contributed by atoms with Crippen molar-refractivity contribution in [3.63, 3.8) is 0 Å². The Morgan fingerprint density at radius 2 is 1.57 bits per heavy atom. The van der Waals surface area contributed by atoms with Crippen LogP contribution in [0.5, 0.6) is 0 Å². The first-order chi connectivity index (χ1) is 17.3. The predicted molar refractivity (Wildman–Crippen MR) is 144 cm³/mol. The lowest BCUT2D eigenvalue weighted by Gasteiger charge is -2.32. The molecule has 35 heavy (non-hydrogen) atoms. The largest absolute Gasteiger partial charge is 0.373 e. The molecule has 3 nitrogen and oxygen atoms in total. The maximum Gasteiger partial charge on any atom is 0.0772 e. The van der Waals surface area contributed by atoms with Crippen molar-refractivity contribution in [3.05, 3.63) is 125 Å². The lowest BCUT2D eigenvalue weighted by molar-refractivity contribution is 0.0106. The Balaban J connectivity index is 1.15. The molecule has 0 radical (unpaired) electrons. The van der Waals surface area contributed by atoms with Crippen LogP contribution in [0.25, 0.3) is 16.8 Å². The molecule has 3 heteroatoms. The minimum Gasteiger partial charge on any atom is -0.373 e. The number of hydrogen-bond acceptors (Lipinski definition) is 3. The average Bonchev–Trinajstić information content (AvgIpc) is 2.93. The monoisotopic (exact) mass is 463 g/mol. The highest BCUT2D eigenvalue weighted by Gasteiger charge is 2.27. The smallest absolute Gasteiger partial charge is 0.0772 e. The van der Waals surface area contributed by atoms with Crippen molar-refractivity contribution < 1.29 is 9.47 Å². The summed E-state index contributed by atoms with van der Waals surface area (Å²) < 4.78 is 12.2. The first-order valence-electron chi connectivity index (χ1n) is 12.5. The summed E-state index contributed by atoms with van der Waals surface area (Å²) in [5.41, 5.74) is 4.97. The SMILES string of the molecule is C(=Cc1ccc(C2CCNCC2OCc2ccc3ccccc3c2)cc1)COCc1ccccc1. The molecule has 2 atom stereocenters. The molecule has 0 spiro atoms. The van der Waals surface area contributed by atoms with E-state index in [1.165, 1.54) is 33.0 Å². The van der Waals surface area contributed by atoms with Crippen LogP contribution in [0.4, 0.5) is 0 Å². The zero-order valence-electron chi connectivity index (χ0n) is 20.1. The molecule has 1 saturated heterocycles. The number of hydrogen-bond donors (Lipinski definition) is 1. The molecule has 5 rings (SSSR count). The van der Waals surface area contributed by atoms with E-state index < -0.39 is 0 Å². The van der Waals surface area contributed by atoms with Gasteiger partial charge < -0.3 is 14.8 Å². The Hall–Kier alpha value is -3.24. The van der Waals surface area contributed by atoms with Crippen LogP contribution in [0, 0.1) is 0 Å². The van der Waals surface area contributed by atoms with Crippen LogP contribution in [0.3, 0.4) is 0 Å². The summed E-state index contributed by atoms with van der Waals surface area (Å²) in [6, 6.07) is 34.3. The van der Waals surface area contributed by atoms with Gasteiger partial charge >= 0.3 is 0 Å². The second kappa shape index (κ2) is 11.9. The highest BCUT2D eigenvalue weighted by atomic mass is 16.5. The normalized spacial score (nSPS) is 18.3. The van der Waals surface area contributed by atoms with Crippen LogP contribution >= 0.6 is 0 Å². The Labute approximate surface area is 208 Å². The average molecular weight is 464 g/mol.